The first-order valence-corrected chi connectivity index (χ1v) is 11.0. The Bertz CT molecular complexity index is 1220. The van der Waals surface area contributed by atoms with Crippen LogP contribution in [0.15, 0.2) is 46.2 Å². The van der Waals surface area contributed by atoms with Crippen molar-refractivity contribution in [3.05, 3.63) is 64.5 Å². The summed E-state index contributed by atoms with van der Waals surface area (Å²) in [6, 6.07) is 11.6. The standard InChI is InChI=1S/C23H21N3O3S/c1-13-9-10-18-16(12-13)20(15-6-3-4-7-17(15)24-18)23(27)28-14(2)21-25-26-22(29-21)19-8-5-11-30-19/h3-8,11,13-14H,9-10,12H2,1-2H3/t13-,14-/m0/s1. The van der Waals surface area contributed by atoms with Crippen LogP contribution in [0.2, 0.25) is 0 Å². The van der Waals surface area contributed by atoms with Gasteiger partial charge in [-0.1, -0.05) is 31.2 Å². The molecule has 7 heteroatoms. The molecule has 0 spiro atoms. The lowest BCUT2D eigenvalue weighted by atomic mass is 9.84. The summed E-state index contributed by atoms with van der Waals surface area (Å²) in [5.74, 6) is 0.854. The molecule has 0 aliphatic heterocycles. The number of hydrogen-bond donors (Lipinski definition) is 0. The van der Waals surface area contributed by atoms with Gasteiger partial charge < -0.3 is 9.15 Å². The van der Waals surface area contributed by atoms with Gasteiger partial charge in [-0.3, -0.25) is 4.98 Å². The number of nitrogens with zero attached hydrogens (tertiary/aromatic N) is 3. The van der Waals surface area contributed by atoms with E-state index in [1.807, 2.05) is 41.8 Å². The van der Waals surface area contributed by atoms with Crippen LogP contribution in [-0.4, -0.2) is 21.2 Å². The van der Waals surface area contributed by atoms with Gasteiger partial charge in [-0.25, -0.2) is 4.79 Å². The number of fused-ring (bicyclic) bond motifs is 2. The van der Waals surface area contributed by atoms with Crippen molar-refractivity contribution in [1.29, 1.82) is 0 Å². The fraction of sp³-hybridized carbons (Fsp3) is 0.304. The number of carbonyl (C=O) groups is 1. The number of carbonyl (C=O) groups excluding carboxylic acids is 1. The molecule has 0 N–H and O–H groups in total. The molecule has 3 aromatic heterocycles. The second kappa shape index (κ2) is 7.65. The average Bonchev–Trinajstić information content (AvgIpc) is 3.43. The molecule has 0 bridgehead atoms. The largest absolute Gasteiger partial charge is 0.449 e. The van der Waals surface area contributed by atoms with Gasteiger partial charge in [0, 0.05) is 11.1 Å². The maximum Gasteiger partial charge on any atom is 0.339 e. The first-order chi connectivity index (χ1) is 14.6. The highest BCUT2D eigenvalue weighted by Gasteiger charge is 2.28. The molecular weight excluding hydrogens is 398 g/mol. The average molecular weight is 420 g/mol. The minimum atomic E-state index is -0.651. The molecule has 4 aromatic rings. The molecule has 6 nitrogen and oxygen atoms in total. The number of benzene rings is 1. The Morgan fingerprint density at radius 1 is 1.23 bits per heavy atom. The van der Waals surface area contributed by atoms with E-state index >= 15 is 0 Å². The van der Waals surface area contributed by atoms with Crippen molar-refractivity contribution in [3.8, 4) is 10.8 Å². The number of pyridine rings is 1. The zero-order valence-electron chi connectivity index (χ0n) is 16.8. The highest BCUT2D eigenvalue weighted by atomic mass is 32.1. The van der Waals surface area contributed by atoms with Gasteiger partial charge in [0.05, 0.1) is 16.0 Å². The van der Waals surface area contributed by atoms with Crippen LogP contribution in [0.5, 0.6) is 0 Å². The summed E-state index contributed by atoms with van der Waals surface area (Å²) < 4.78 is 11.5. The maximum absolute atomic E-state index is 13.3. The van der Waals surface area contributed by atoms with Gasteiger partial charge in [0.2, 0.25) is 0 Å². The number of ether oxygens (including phenoxy) is 1. The molecule has 30 heavy (non-hydrogen) atoms. The molecule has 0 saturated heterocycles. The first-order valence-electron chi connectivity index (χ1n) is 10.1. The molecule has 5 rings (SSSR count). The van der Waals surface area contributed by atoms with Gasteiger partial charge in [0.1, 0.15) is 0 Å². The zero-order chi connectivity index (χ0) is 20.7. The van der Waals surface area contributed by atoms with E-state index in [0.29, 0.717) is 17.4 Å². The van der Waals surface area contributed by atoms with Crippen molar-refractivity contribution < 1.29 is 13.9 Å². The molecule has 2 atom stereocenters. The lowest BCUT2D eigenvalue weighted by Crippen LogP contribution is -2.20. The summed E-state index contributed by atoms with van der Waals surface area (Å²) in [7, 11) is 0. The molecule has 0 saturated carbocycles. The SMILES string of the molecule is C[C@H]1CCc2nc3ccccc3c(C(=O)O[C@@H](C)c3nnc(-c4cccs4)o3)c2C1. The Hall–Kier alpha value is -3.06. The lowest BCUT2D eigenvalue weighted by molar-refractivity contribution is 0.0280. The Labute approximate surface area is 177 Å². The minimum Gasteiger partial charge on any atom is -0.449 e. The van der Waals surface area contributed by atoms with E-state index in [9.17, 15) is 4.79 Å². The molecule has 152 valence electrons. The van der Waals surface area contributed by atoms with Crippen LogP contribution in [0.25, 0.3) is 21.7 Å². The van der Waals surface area contributed by atoms with Crippen molar-refractivity contribution in [2.45, 2.75) is 39.2 Å². The number of aryl methyl sites for hydroxylation is 1. The summed E-state index contributed by atoms with van der Waals surface area (Å²) in [5.41, 5.74) is 3.45. The maximum atomic E-state index is 13.3. The number of aromatic nitrogens is 3. The summed E-state index contributed by atoms with van der Waals surface area (Å²) in [5, 5.41) is 10.9. The Kier molecular flexibility index (Phi) is 4.83. The summed E-state index contributed by atoms with van der Waals surface area (Å²) in [4.78, 5) is 19.0. The van der Waals surface area contributed by atoms with Crippen molar-refractivity contribution in [2.24, 2.45) is 5.92 Å². The highest BCUT2D eigenvalue weighted by molar-refractivity contribution is 7.13. The molecule has 0 fully saturated rings. The second-order valence-electron chi connectivity index (χ2n) is 7.75. The van der Waals surface area contributed by atoms with Crippen molar-refractivity contribution in [2.75, 3.05) is 0 Å². The summed E-state index contributed by atoms with van der Waals surface area (Å²) >= 11 is 1.52. The number of rotatable bonds is 4. The topological polar surface area (TPSA) is 78.1 Å². The predicted octanol–water partition coefficient (Wildman–Crippen LogP) is 5.39. The summed E-state index contributed by atoms with van der Waals surface area (Å²) in [6.07, 6.45) is 2.14. The molecule has 0 amide bonds. The van der Waals surface area contributed by atoms with Crippen LogP contribution in [0.1, 0.15) is 53.9 Å². The monoisotopic (exact) mass is 419 g/mol. The molecule has 3 heterocycles. The summed E-state index contributed by atoms with van der Waals surface area (Å²) in [6.45, 7) is 3.96. The minimum absolute atomic E-state index is 0.285. The van der Waals surface area contributed by atoms with Crippen molar-refractivity contribution >= 4 is 28.2 Å². The van der Waals surface area contributed by atoms with E-state index < -0.39 is 6.10 Å². The van der Waals surface area contributed by atoms with Gasteiger partial charge in [0.25, 0.3) is 11.8 Å². The quantitative estimate of drug-likeness (QED) is 0.413. The number of hydrogen-bond acceptors (Lipinski definition) is 7. The lowest BCUT2D eigenvalue weighted by Gasteiger charge is -2.24. The molecule has 1 aliphatic carbocycles. The smallest absolute Gasteiger partial charge is 0.339 e. The molecule has 1 aliphatic rings. The predicted molar refractivity (Wildman–Crippen MR) is 114 cm³/mol. The first kappa shape index (κ1) is 18.9. The molecule has 1 aromatic carbocycles. The Morgan fingerprint density at radius 3 is 2.93 bits per heavy atom. The van der Waals surface area contributed by atoms with Gasteiger partial charge in [0.15, 0.2) is 6.10 Å². The van der Waals surface area contributed by atoms with Crippen LogP contribution < -0.4 is 0 Å². The van der Waals surface area contributed by atoms with Crippen LogP contribution in [-0.2, 0) is 17.6 Å². The third-order valence-electron chi connectivity index (χ3n) is 5.51. The van der Waals surface area contributed by atoms with Crippen LogP contribution >= 0.6 is 11.3 Å². The number of esters is 1. The van der Waals surface area contributed by atoms with E-state index in [-0.39, 0.29) is 11.9 Å². The van der Waals surface area contributed by atoms with E-state index in [0.717, 1.165) is 46.3 Å². The van der Waals surface area contributed by atoms with E-state index in [4.69, 9.17) is 14.1 Å². The normalized spacial score (nSPS) is 16.9. The zero-order valence-corrected chi connectivity index (χ0v) is 17.6. The number of thiophene rings is 1. The fourth-order valence-corrected chi connectivity index (χ4v) is 4.61. The molecule has 0 unspecified atom stereocenters. The second-order valence-corrected chi connectivity index (χ2v) is 8.70. The third-order valence-corrected chi connectivity index (χ3v) is 6.37. The Morgan fingerprint density at radius 2 is 2.10 bits per heavy atom. The van der Waals surface area contributed by atoms with Crippen LogP contribution in [0.3, 0.4) is 0 Å². The van der Waals surface area contributed by atoms with E-state index in [1.54, 1.807) is 6.92 Å². The van der Waals surface area contributed by atoms with E-state index in [2.05, 4.69) is 17.1 Å². The Balaban J connectivity index is 1.48. The highest BCUT2D eigenvalue weighted by Crippen LogP contribution is 2.33. The van der Waals surface area contributed by atoms with Crippen LogP contribution in [0, 0.1) is 5.92 Å². The molecular formula is C23H21N3O3S. The van der Waals surface area contributed by atoms with Crippen molar-refractivity contribution in [3.63, 3.8) is 0 Å². The van der Waals surface area contributed by atoms with Gasteiger partial charge in [-0.05, 0) is 55.2 Å². The van der Waals surface area contributed by atoms with Crippen molar-refractivity contribution in [1.82, 2.24) is 15.2 Å². The van der Waals surface area contributed by atoms with Gasteiger partial charge in [-0.15, -0.1) is 21.5 Å². The van der Waals surface area contributed by atoms with Gasteiger partial charge in [-0.2, -0.15) is 0 Å². The fourth-order valence-electron chi connectivity index (χ4n) is 3.96. The third kappa shape index (κ3) is 3.39. The molecule has 0 radical (unpaired) electrons. The van der Waals surface area contributed by atoms with Crippen LogP contribution in [0.4, 0.5) is 0 Å². The van der Waals surface area contributed by atoms with E-state index in [1.165, 1.54) is 11.3 Å². The van der Waals surface area contributed by atoms with Gasteiger partial charge >= 0.3 is 5.97 Å². The number of para-hydroxylation sites is 1.